The Morgan fingerprint density at radius 1 is 1.00 bits per heavy atom. The smallest absolute Gasteiger partial charge is 0.253 e. The topological polar surface area (TPSA) is 49.9 Å². The minimum absolute atomic E-state index is 0.0246. The molecule has 0 aliphatic heterocycles. The molecule has 0 spiro atoms. The first kappa shape index (κ1) is 20.9. The van der Waals surface area contributed by atoms with Gasteiger partial charge in [0.2, 0.25) is 5.91 Å². The number of hydrogen-bond acceptors (Lipinski definition) is 3. The van der Waals surface area contributed by atoms with Crippen molar-refractivity contribution in [2.75, 3.05) is 34.3 Å². The van der Waals surface area contributed by atoms with Crippen molar-refractivity contribution in [1.29, 1.82) is 0 Å². The van der Waals surface area contributed by atoms with Crippen LogP contribution in [-0.2, 0) is 4.79 Å². The Morgan fingerprint density at radius 3 is 2.31 bits per heavy atom. The lowest BCUT2D eigenvalue weighted by atomic mass is 10.0. The zero-order chi connectivity index (χ0) is 21.0. The molecular weight excluding hydrogens is 364 g/mol. The Morgan fingerprint density at radius 2 is 1.66 bits per heavy atom. The fourth-order valence-electron chi connectivity index (χ4n) is 3.81. The van der Waals surface area contributed by atoms with E-state index in [4.69, 9.17) is 4.74 Å². The van der Waals surface area contributed by atoms with Gasteiger partial charge in [-0.2, -0.15) is 0 Å². The molecule has 3 rings (SSSR count). The molecule has 0 radical (unpaired) electrons. The summed E-state index contributed by atoms with van der Waals surface area (Å²) in [5.41, 5.74) is 3.19. The Balaban J connectivity index is 1.44. The van der Waals surface area contributed by atoms with Gasteiger partial charge in [0, 0.05) is 38.7 Å². The van der Waals surface area contributed by atoms with Crippen LogP contribution in [0.1, 0.15) is 40.2 Å². The van der Waals surface area contributed by atoms with Gasteiger partial charge in [0.05, 0.1) is 7.11 Å². The Bertz CT molecular complexity index is 863. The number of amides is 2. The van der Waals surface area contributed by atoms with Crippen LogP contribution in [0.4, 0.5) is 0 Å². The molecule has 5 heteroatoms. The summed E-state index contributed by atoms with van der Waals surface area (Å²) in [5, 5.41) is 0. The molecule has 2 amide bonds. The van der Waals surface area contributed by atoms with Gasteiger partial charge >= 0.3 is 0 Å². The SMILES string of the molecule is COc1ccc(C(=O)N(C)CCCN(C)C(=O)[C@@H]2C[C@H]2c2ccccc2C)cc1. The maximum absolute atomic E-state index is 12.7. The summed E-state index contributed by atoms with van der Waals surface area (Å²) in [5.74, 6) is 1.37. The first-order chi connectivity index (χ1) is 13.9. The first-order valence-corrected chi connectivity index (χ1v) is 10.1. The van der Waals surface area contributed by atoms with Crippen LogP contribution in [0.2, 0.25) is 0 Å². The second-order valence-corrected chi connectivity index (χ2v) is 7.87. The van der Waals surface area contributed by atoms with Crippen molar-refractivity contribution in [2.45, 2.75) is 25.7 Å². The van der Waals surface area contributed by atoms with Crippen LogP contribution in [0, 0.1) is 12.8 Å². The molecule has 29 heavy (non-hydrogen) atoms. The molecular formula is C24H30N2O3. The molecule has 1 aliphatic carbocycles. The number of hydrogen-bond donors (Lipinski definition) is 0. The highest BCUT2D eigenvalue weighted by atomic mass is 16.5. The number of aryl methyl sites for hydroxylation is 1. The van der Waals surface area contributed by atoms with E-state index in [1.165, 1.54) is 11.1 Å². The van der Waals surface area contributed by atoms with Crippen molar-refractivity contribution in [1.82, 2.24) is 9.80 Å². The first-order valence-electron chi connectivity index (χ1n) is 10.1. The van der Waals surface area contributed by atoms with Crippen LogP contribution in [0.5, 0.6) is 5.75 Å². The number of benzene rings is 2. The summed E-state index contributed by atoms with van der Waals surface area (Å²) >= 11 is 0. The number of nitrogens with zero attached hydrogens (tertiary/aromatic N) is 2. The maximum Gasteiger partial charge on any atom is 0.253 e. The monoisotopic (exact) mass is 394 g/mol. The van der Waals surface area contributed by atoms with Gasteiger partial charge in [0.25, 0.3) is 5.91 Å². The zero-order valence-electron chi connectivity index (χ0n) is 17.7. The van der Waals surface area contributed by atoms with E-state index in [9.17, 15) is 9.59 Å². The Kier molecular flexibility index (Phi) is 6.57. The van der Waals surface area contributed by atoms with E-state index >= 15 is 0 Å². The van der Waals surface area contributed by atoms with Gasteiger partial charge in [-0.3, -0.25) is 9.59 Å². The standard InChI is InChI=1S/C24H30N2O3/c1-17-8-5-6-9-20(17)21-16-22(21)24(28)26(3)15-7-14-25(2)23(27)18-10-12-19(29-4)13-11-18/h5-6,8-13,21-22H,7,14-16H2,1-4H3/t21-,22+/m0/s1. The molecule has 1 fully saturated rings. The molecule has 0 bridgehead atoms. The van der Waals surface area contributed by atoms with Gasteiger partial charge in [-0.25, -0.2) is 0 Å². The number of carbonyl (C=O) groups is 2. The normalized spacial score (nSPS) is 17.5. The minimum atomic E-state index is -0.0246. The van der Waals surface area contributed by atoms with E-state index in [-0.39, 0.29) is 17.7 Å². The molecule has 1 aliphatic rings. The number of ether oxygens (including phenoxy) is 1. The summed E-state index contributed by atoms with van der Waals surface area (Å²) in [6.45, 7) is 3.36. The second-order valence-electron chi connectivity index (χ2n) is 7.87. The van der Waals surface area contributed by atoms with Crippen molar-refractivity contribution in [3.8, 4) is 5.75 Å². The van der Waals surface area contributed by atoms with Crippen molar-refractivity contribution >= 4 is 11.8 Å². The minimum Gasteiger partial charge on any atom is -0.497 e. The van der Waals surface area contributed by atoms with E-state index < -0.39 is 0 Å². The second kappa shape index (κ2) is 9.12. The van der Waals surface area contributed by atoms with Crippen LogP contribution >= 0.6 is 0 Å². The predicted molar refractivity (Wildman–Crippen MR) is 114 cm³/mol. The fourth-order valence-corrected chi connectivity index (χ4v) is 3.81. The molecule has 2 aromatic carbocycles. The molecule has 1 saturated carbocycles. The number of methoxy groups -OCH3 is 1. The van der Waals surface area contributed by atoms with Crippen molar-refractivity contribution in [3.63, 3.8) is 0 Å². The van der Waals surface area contributed by atoms with Crippen LogP contribution in [-0.4, -0.2) is 55.9 Å². The molecule has 0 N–H and O–H groups in total. The van der Waals surface area contributed by atoms with Crippen molar-refractivity contribution < 1.29 is 14.3 Å². The van der Waals surface area contributed by atoms with Crippen LogP contribution in [0.15, 0.2) is 48.5 Å². The molecule has 0 heterocycles. The van der Waals surface area contributed by atoms with Gasteiger partial charge in [-0.15, -0.1) is 0 Å². The lowest BCUT2D eigenvalue weighted by Gasteiger charge is -2.21. The number of carbonyl (C=O) groups excluding carboxylic acids is 2. The molecule has 0 saturated heterocycles. The molecule has 2 aromatic rings. The van der Waals surface area contributed by atoms with Gasteiger partial charge in [0.1, 0.15) is 5.75 Å². The molecule has 0 aromatic heterocycles. The van der Waals surface area contributed by atoms with E-state index in [0.29, 0.717) is 24.6 Å². The van der Waals surface area contributed by atoms with Crippen molar-refractivity contribution in [2.24, 2.45) is 5.92 Å². The van der Waals surface area contributed by atoms with Gasteiger partial charge in [0.15, 0.2) is 0 Å². The molecule has 5 nitrogen and oxygen atoms in total. The van der Waals surface area contributed by atoms with Gasteiger partial charge in [-0.1, -0.05) is 24.3 Å². The molecule has 0 unspecified atom stereocenters. The van der Waals surface area contributed by atoms with Gasteiger partial charge in [-0.05, 0) is 61.1 Å². The summed E-state index contributed by atoms with van der Waals surface area (Å²) in [4.78, 5) is 28.7. The maximum atomic E-state index is 12.7. The third-order valence-electron chi connectivity index (χ3n) is 5.74. The largest absolute Gasteiger partial charge is 0.497 e. The molecule has 2 atom stereocenters. The Labute approximate surface area is 173 Å². The van der Waals surface area contributed by atoms with E-state index in [2.05, 4.69) is 19.1 Å². The Hall–Kier alpha value is -2.82. The van der Waals surface area contributed by atoms with Crippen LogP contribution < -0.4 is 4.74 Å². The highest BCUT2D eigenvalue weighted by Crippen LogP contribution is 2.49. The lowest BCUT2D eigenvalue weighted by molar-refractivity contribution is -0.131. The summed E-state index contributed by atoms with van der Waals surface area (Å²) in [6, 6.07) is 15.4. The average Bonchev–Trinajstić information content (AvgIpc) is 3.53. The average molecular weight is 395 g/mol. The highest BCUT2D eigenvalue weighted by Gasteiger charge is 2.45. The van der Waals surface area contributed by atoms with E-state index in [1.54, 1.807) is 43.3 Å². The van der Waals surface area contributed by atoms with Crippen LogP contribution in [0.25, 0.3) is 0 Å². The molecule has 154 valence electrons. The van der Waals surface area contributed by atoms with E-state index in [1.807, 2.05) is 24.1 Å². The third kappa shape index (κ3) is 4.97. The quantitative estimate of drug-likeness (QED) is 0.686. The summed E-state index contributed by atoms with van der Waals surface area (Å²) in [6.07, 6.45) is 1.69. The zero-order valence-corrected chi connectivity index (χ0v) is 17.7. The highest BCUT2D eigenvalue weighted by molar-refractivity contribution is 5.94. The van der Waals surface area contributed by atoms with E-state index in [0.717, 1.165) is 18.6 Å². The van der Waals surface area contributed by atoms with Gasteiger partial charge < -0.3 is 14.5 Å². The van der Waals surface area contributed by atoms with Crippen LogP contribution in [0.3, 0.4) is 0 Å². The number of rotatable bonds is 8. The lowest BCUT2D eigenvalue weighted by Crippen LogP contribution is -2.33. The summed E-state index contributed by atoms with van der Waals surface area (Å²) < 4.78 is 5.13. The fraction of sp³-hybridized carbons (Fsp3) is 0.417. The predicted octanol–water partition coefficient (Wildman–Crippen LogP) is 3.73. The van der Waals surface area contributed by atoms with Crippen molar-refractivity contribution in [3.05, 3.63) is 65.2 Å². The third-order valence-corrected chi connectivity index (χ3v) is 5.74. The summed E-state index contributed by atoms with van der Waals surface area (Å²) in [7, 11) is 5.26.